The Morgan fingerprint density at radius 2 is 1.90 bits per heavy atom. The molecular formula is C17H24O3. The van der Waals surface area contributed by atoms with Crippen molar-refractivity contribution in [3.63, 3.8) is 0 Å². The van der Waals surface area contributed by atoms with E-state index < -0.39 is 0 Å². The predicted octanol–water partition coefficient (Wildman–Crippen LogP) is 4.08. The summed E-state index contributed by atoms with van der Waals surface area (Å²) in [6.07, 6.45) is 3.39. The van der Waals surface area contributed by atoms with Crippen LogP contribution in [0.1, 0.15) is 39.2 Å². The Labute approximate surface area is 121 Å². The fourth-order valence-corrected chi connectivity index (χ4v) is 1.80. The van der Waals surface area contributed by atoms with Gasteiger partial charge in [0.1, 0.15) is 5.75 Å². The van der Waals surface area contributed by atoms with Gasteiger partial charge in [-0.05, 0) is 35.6 Å². The molecule has 0 spiro atoms. The second-order valence-electron chi connectivity index (χ2n) is 5.17. The second kappa shape index (κ2) is 8.41. The van der Waals surface area contributed by atoms with Gasteiger partial charge in [-0.3, -0.25) is 0 Å². The summed E-state index contributed by atoms with van der Waals surface area (Å²) in [5, 5.41) is 0. The fraction of sp³-hybridized carbons (Fsp3) is 0.471. The molecule has 0 radical (unpaired) electrons. The van der Waals surface area contributed by atoms with Crippen LogP contribution in [-0.2, 0) is 9.53 Å². The van der Waals surface area contributed by atoms with Crippen LogP contribution in [0.4, 0.5) is 0 Å². The van der Waals surface area contributed by atoms with E-state index in [4.69, 9.17) is 9.47 Å². The number of carbonyl (C=O) groups excluding carboxylic acids is 1. The van der Waals surface area contributed by atoms with E-state index in [0.717, 1.165) is 29.7 Å². The van der Waals surface area contributed by atoms with Crippen molar-refractivity contribution in [2.24, 2.45) is 5.92 Å². The molecular weight excluding hydrogens is 252 g/mol. The first kappa shape index (κ1) is 16.3. The van der Waals surface area contributed by atoms with Gasteiger partial charge in [-0.15, -0.1) is 0 Å². The third kappa shape index (κ3) is 5.47. The Morgan fingerprint density at radius 3 is 2.40 bits per heavy atom. The number of carbonyl (C=O) groups is 1. The number of esters is 1. The number of rotatable bonds is 7. The molecule has 0 atom stereocenters. The normalized spacial score (nSPS) is 11.6. The monoisotopic (exact) mass is 276 g/mol. The number of benzene rings is 1. The fourth-order valence-electron chi connectivity index (χ4n) is 1.80. The second-order valence-corrected chi connectivity index (χ2v) is 5.17. The van der Waals surface area contributed by atoms with Crippen molar-refractivity contribution < 1.29 is 14.3 Å². The van der Waals surface area contributed by atoms with Crippen LogP contribution in [0.25, 0.3) is 5.57 Å². The summed E-state index contributed by atoms with van der Waals surface area (Å²) in [4.78, 5) is 11.4. The van der Waals surface area contributed by atoms with Gasteiger partial charge in [0.15, 0.2) is 0 Å². The van der Waals surface area contributed by atoms with E-state index in [1.165, 1.54) is 7.11 Å². The van der Waals surface area contributed by atoms with Crippen molar-refractivity contribution in [2.45, 2.75) is 33.6 Å². The van der Waals surface area contributed by atoms with E-state index in [-0.39, 0.29) is 5.97 Å². The molecule has 1 rings (SSSR count). The van der Waals surface area contributed by atoms with Crippen molar-refractivity contribution in [3.8, 4) is 5.75 Å². The maximum absolute atomic E-state index is 11.4. The van der Waals surface area contributed by atoms with Gasteiger partial charge in [0, 0.05) is 6.08 Å². The van der Waals surface area contributed by atoms with E-state index in [2.05, 4.69) is 20.8 Å². The molecule has 0 heterocycles. The minimum absolute atomic E-state index is 0.311. The molecule has 110 valence electrons. The molecule has 0 amide bonds. The number of ether oxygens (including phenoxy) is 2. The van der Waals surface area contributed by atoms with E-state index in [0.29, 0.717) is 12.5 Å². The highest BCUT2D eigenvalue weighted by atomic mass is 16.5. The molecule has 0 N–H and O–H groups in total. The van der Waals surface area contributed by atoms with Gasteiger partial charge in [0.05, 0.1) is 13.7 Å². The Hall–Kier alpha value is -1.77. The lowest BCUT2D eigenvalue weighted by Gasteiger charge is -2.10. The highest BCUT2D eigenvalue weighted by Crippen LogP contribution is 2.23. The summed E-state index contributed by atoms with van der Waals surface area (Å²) in [5.74, 6) is 1.05. The molecule has 20 heavy (non-hydrogen) atoms. The van der Waals surface area contributed by atoms with Gasteiger partial charge < -0.3 is 9.47 Å². The standard InChI is InChI=1S/C17H24O3/c1-5-6-15(11-17(18)19-4)14-7-9-16(10-8-14)20-12-13(2)3/h7-11,13H,5-6,12H2,1-4H3. The minimum Gasteiger partial charge on any atom is -0.493 e. The first-order valence-electron chi connectivity index (χ1n) is 7.08. The third-order valence-corrected chi connectivity index (χ3v) is 2.82. The van der Waals surface area contributed by atoms with Crippen LogP contribution < -0.4 is 4.74 Å². The summed E-state index contributed by atoms with van der Waals surface area (Å²) < 4.78 is 10.4. The molecule has 0 aliphatic heterocycles. The van der Waals surface area contributed by atoms with Gasteiger partial charge in [-0.25, -0.2) is 4.79 Å². The molecule has 1 aromatic carbocycles. The molecule has 0 saturated heterocycles. The molecule has 0 saturated carbocycles. The molecule has 0 fully saturated rings. The quantitative estimate of drug-likeness (QED) is 0.556. The molecule has 0 aromatic heterocycles. The Kier molecular flexibility index (Phi) is 6.85. The molecule has 0 unspecified atom stereocenters. The highest BCUT2D eigenvalue weighted by molar-refractivity contribution is 5.91. The van der Waals surface area contributed by atoms with Crippen molar-refractivity contribution >= 4 is 11.5 Å². The van der Waals surface area contributed by atoms with Gasteiger partial charge in [0.2, 0.25) is 0 Å². The summed E-state index contributed by atoms with van der Waals surface area (Å²) >= 11 is 0. The Morgan fingerprint density at radius 1 is 1.25 bits per heavy atom. The lowest BCUT2D eigenvalue weighted by Crippen LogP contribution is -2.04. The van der Waals surface area contributed by atoms with Crippen molar-refractivity contribution in [1.29, 1.82) is 0 Å². The van der Waals surface area contributed by atoms with Gasteiger partial charge in [0.25, 0.3) is 0 Å². The maximum atomic E-state index is 11.4. The number of allylic oxidation sites excluding steroid dienone is 1. The van der Waals surface area contributed by atoms with Gasteiger partial charge >= 0.3 is 5.97 Å². The Balaban J connectivity index is 2.82. The maximum Gasteiger partial charge on any atom is 0.330 e. The minimum atomic E-state index is -0.311. The van der Waals surface area contributed by atoms with E-state index >= 15 is 0 Å². The predicted molar refractivity (Wildman–Crippen MR) is 81.7 cm³/mol. The number of hydrogen-bond acceptors (Lipinski definition) is 3. The number of methoxy groups -OCH3 is 1. The van der Waals surface area contributed by atoms with Crippen molar-refractivity contribution in [3.05, 3.63) is 35.9 Å². The average Bonchev–Trinajstić information content (AvgIpc) is 2.45. The largest absolute Gasteiger partial charge is 0.493 e. The highest BCUT2D eigenvalue weighted by Gasteiger charge is 2.05. The zero-order valence-electron chi connectivity index (χ0n) is 12.8. The molecule has 0 bridgehead atoms. The first-order chi connectivity index (χ1) is 9.56. The SMILES string of the molecule is CCCC(=CC(=O)OC)c1ccc(OCC(C)C)cc1. The van der Waals surface area contributed by atoms with Crippen LogP contribution in [0.3, 0.4) is 0 Å². The summed E-state index contributed by atoms with van der Waals surface area (Å²) in [5.41, 5.74) is 2.03. The Bertz CT molecular complexity index is 444. The lowest BCUT2D eigenvalue weighted by atomic mass is 10.0. The molecule has 0 aliphatic carbocycles. The molecule has 3 heteroatoms. The van der Waals surface area contributed by atoms with Gasteiger partial charge in [-0.1, -0.05) is 39.3 Å². The zero-order valence-corrected chi connectivity index (χ0v) is 12.8. The summed E-state index contributed by atoms with van der Waals surface area (Å²) in [6.45, 7) is 7.03. The average molecular weight is 276 g/mol. The van der Waals surface area contributed by atoms with Crippen LogP contribution in [0, 0.1) is 5.92 Å². The van der Waals surface area contributed by atoms with E-state index in [1.54, 1.807) is 6.08 Å². The topological polar surface area (TPSA) is 35.5 Å². The molecule has 1 aromatic rings. The van der Waals surface area contributed by atoms with E-state index in [9.17, 15) is 4.79 Å². The smallest absolute Gasteiger partial charge is 0.330 e. The first-order valence-corrected chi connectivity index (χ1v) is 7.08. The van der Waals surface area contributed by atoms with Crippen LogP contribution in [0.2, 0.25) is 0 Å². The van der Waals surface area contributed by atoms with Crippen molar-refractivity contribution in [2.75, 3.05) is 13.7 Å². The summed E-state index contributed by atoms with van der Waals surface area (Å²) in [7, 11) is 1.39. The summed E-state index contributed by atoms with van der Waals surface area (Å²) in [6, 6.07) is 7.86. The molecule has 0 aliphatic rings. The van der Waals surface area contributed by atoms with Crippen LogP contribution in [0.5, 0.6) is 5.75 Å². The third-order valence-electron chi connectivity index (χ3n) is 2.82. The lowest BCUT2D eigenvalue weighted by molar-refractivity contribution is -0.134. The van der Waals surface area contributed by atoms with Crippen molar-refractivity contribution in [1.82, 2.24) is 0 Å². The molecule has 3 nitrogen and oxygen atoms in total. The van der Waals surface area contributed by atoms with Gasteiger partial charge in [-0.2, -0.15) is 0 Å². The van der Waals surface area contributed by atoms with Crippen LogP contribution in [-0.4, -0.2) is 19.7 Å². The van der Waals surface area contributed by atoms with Crippen LogP contribution >= 0.6 is 0 Å². The van der Waals surface area contributed by atoms with E-state index in [1.807, 2.05) is 24.3 Å². The number of hydrogen-bond donors (Lipinski definition) is 0. The van der Waals surface area contributed by atoms with Crippen LogP contribution in [0.15, 0.2) is 30.3 Å². The zero-order chi connectivity index (χ0) is 15.0.